The van der Waals surface area contributed by atoms with Gasteiger partial charge in [0.15, 0.2) is 29.4 Å². The minimum Gasteiger partial charge on any atom is -0.492 e. The van der Waals surface area contributed by atoms with Crippen LogP contribution >= 0.6 is 0 Å². The fraction of sp³-hybridized carbons (Fsp3) is 0.394. The summed E-state index contributed by atoms with van der Waals surface area (Å²) < 4.78 is 28.6. The van der Waals surface area contributed by atoms with Crippen LogP contribution in [-0.4, -0.2) is 79.2 Å². The Hall–Kier alpha value is -5.07. The number of aldehydes is 2. The van der Waals surface area contributed by atoms with Gasteiger partial charge in [0.05, 0.1) is 29.5 Å². The number of fused-ring (bicyclic) bond motifs is 1. The van der Waals surface area contributed by atoms with Gasteiger partial charge in [-0.15, -0.1) is 0 Å². The second-order valence-electron chi connectivity index (χ2n) is 11.6. The number of carbonyl (C=O) groups is 5. The Bertz CT molecular complexity index is 1740. The lowest BCUT2D eigenvalue weighted by atomic mass is 10.0. The van der Waals surface area contributed by atoms with Gasteiger partial charge in [-0.1, -0.05) is 12.1 Å². The first-order valence-electron chi connectivity index (χ1n) is 15.0. The number of nitrogens with zero attached hydrogens (tertiary/aromatic N) is 3. The van der Waals surface area contributed by atoms with E-state index in [2.05, 4.69) is 5.32 Å². The summed E-state index contributed by atoms with van der Waals surface area (Å²) in [6.45, 7) is 3.18. The third kappa shape index (κ3) is 6.63. The first kappa shape index (κ1) is 32.3. The maximum atomic E-state index is 15.8. The van der Waals surface area contributed by atoms with Crippen LogP contribution in [0.4, 0.5) is 20.6 Å². The number of methoxy groups -OCH3 is 1. The van der Waals surface area contributed by atoms with E-state index in [1.807, 2.05) is 4.57 Å². The molecule has 3 aromatic rings. The summed E-state index contributed by atoms with van der Waals surface area (Å²) in [7, 11) is 1.41. The van der Waals surface area contributed by atoms with Crippen LogP contribution in [0.25, 0.3) is 10.9 Å². The molecule has 242 valence electrons. The molecule has 1 aliphatic carbocycles. The Kier molecular flexibility index (Phi) is 9.49. The van der Waals surface area contributed by atoms with E-state index in [1.54, 1.807) is 36.1 Å². The molecule has 1 aliphatic heterocycles. The van der Waals surface area contributed by atoms with Crippen molar-refractivity contribution in [1.29, 1.82) is 0 Å². The number of anilines is 2. The third-order valence-corrected chi connectivity index (χ3v) is 8.29. The molecule has 2 aromatic carbocycles. The lowest BCUT2D eigenvalue weighted by Gasteiger charge is -2.40. The van der Waals surface area contributed by atoms with E-state index in [0.29, 0.717) is 23.8 Å². The number of pyridine rings is 1. The normalized spacial score (nSPS) is 16.3. The zero-order valence-corrected chi connectivity index (χ0v) is 25.8. The number of nitrogens with one attached hydrogen (secondary N) is 1. The molecule has 1 unspecified atom stereocenters. The highest BCUT2D eigenvalue weighted by atomic mass is 19.1. The van der Waals surface area contributed by atoms with Gasteiger partial charge in [0.25, 0.3) is 5.91 Å². The number of carbonyl (C=O) groups excluding carboxylic acids is 5. The molecule has 1 aromatic heterocycles. The SMILES string of the molecule is COc1c(N2CCN(C(=O)OCC(=O)Nc3ccc(CC(C=O)C=O)cc3)C(C)C2)c(F)cc2c(=O)c(C(C)=O)cn(C3CC3)c12. The number of aromatic nitrogens is 1. The smallest absolute Gasteiger partial charge is 0.410 e. The molecule has 13 heteroatoms. The van der Waals surface area contributed by atoms with Crippen LogP contribution in [0, 0.1) is 11.7 Å². The van der Waals surface area contributed by atoms with Crippen LogP contribution in [0.1, 0.15) is 48.7 Å². The lowest BCUT2D eigenvalue weighted by Crippen LogP contribution is -2.54. The van der Waals surface area contributed by atoms with Crippen molar-refractivity contribution in [3.63, 3.8) is 0 Å². The minimum absolute atomic E-state index is 0.000742. The molecule has 2 aliphatic rings. The molecule has 1 N–H and O–H groups in total. The summed E-state index contributed by atoms with van der Waals surface area (Å²) in [5.41, 5.74) is 1.25. The van der Waals surface area contributed by atoms with Gasteiger partial charge >= 0.3 is 6.09 Å². The number of amides is 2. The van der Waals surface area contributed by atoms with Gasteiger partial charge in [0.1, 0.15) is 18.3 Å². The number of halogens is 1. The number of Topliss-reactive ketones (excluding diaryl/α,β-unsaturated/α-hetero) is 1. The summed E-state index contributed by atoms with van der Waals surface area (Å²) in [5.74, 6) is -2.16. The molecule has 0 radical (unpaired) electrons. The average Bonchev–Trinajstić information content (AvgIpc) is 3.88. The van der Waals surface area contributed by atoms with Crippen molar-refractivity contribution in [1.82, 2.24) is 9.47 Å². The first-order chi connectivity index (χ1) is 22.1. The van der Waals surface area contributed by atoms with Gasteiger partial charge in [-0.05, 0) is 56.9 Å². The van der Waals surface area contributed by atoms with Crippen molar-refractivity contribution in [3.8, 4) is 5.75 Å². The summed E-state index contributed by atoms with van der Waals surface area (Å²) in [5, 5.41) is 2.71. The zero-order chi connectivity index (χ0) is 33.1. The van der Waals surface area contributed by atoms with Crippen LogP contribution in [0.15, 0.2) is 41.3 Å². The number of hydrogen-bond donors (Lipinski definition) is 1. The highest BCUT2D eigenvalue weighted by Crippen LogP contribution is 2.44. The predicted octanol–water partition coefficient (Wildman–Crippen LogP) is 3.53. The topological polar surface area (TPSA) is 144 Å². The van der Waals surface area contributed by atoms with Crippen LogP contribution in [-0.2, 0) is 25.5 Å². The summed E-state index contributed by atoms with van der Waals surface area (Å²) in [6.07, 6.45) is 3.98. The van der Waals surface area contributed by atoms with Crippen molar-refractivity contribution in [3.05, 3.63) is 63.7 Å². The summed E-state index contributed by atoms with van der Waals surface area (Å²) in [6, 6.07) is 7.41. The molecule has 1 saturated heterocycles. The van der Waals surface area contributed by atoms with Crippen LogP contribution in [0.5, 0.6) is 5.75 Å². The molecule has 1 saturated carbocycles. The van der Waals surface area contributed by atoms with Crippen molar-refractivity contribution in [2.45, 2.75) is 45.2 Å². The van der Waals surface area contributed by atoms with Gasteiger partial charge < -0.3 is 38.7 Å². The largest absolute Gasteiger partial charge is 0.492 e. The quantitative estimate of drug-likeness (QED) is 0.190. The van der Waals surface area contributed by atoms with Crippen molar-refractivity contribution >= 4 is 52.6 Å². The molecule has 2 heterocycles. The van der Waals surface area contributed by atoms with Gasteiger partial charge in [-0.25, -0.2) is 9.18 Å². The lowest BCUT2D eigenvalue weighted by molar-refractivity contribution is -0.120. The summed E-state index contributed by atoms with van der Waals surface area (Å²) in [4.78, 5) is 75.6. The maximum Gasteiger partial charge on any atom is 0.410 e. The number of rotatable bonds is 11. The average molecular weight is 635 g/mol. The van der Waals surface area contributed by atoms with Crippen molar-refractivity contribution < 1.29 is 37.8 Å². The highest BCUT2D eigenvalue weighted by Gasteiger charge is 2.34. The molecule has 2 amide bonds. The Balaban J connectivity index is 1.25. The third-order valence-electron chi connectivity index (χ3n) is 8.29. The molecule has 1 atom stereocenters. The summed E-state index contributed by atoms with van der Waals surface area (Å²) >= 11 is 0. The molecular formula is C33H35FN4O8. The molecule has 0 bridgehead atoms. The number of ether oxygens (including phenoxy) is 2. The Morgan fingerprint density at radius 2 is 1.80 bits per heavy atom. The molecular weight excluding hydrogens is 599 g/mol. The fourth-order valence-electron chi connectivity index (χ4n) is 5.79. The number of ketones is 1. The van der Waals surface area contributed by atoms with E-state index in [9.17, 15) is 28.8 Å². The van der Waals surface area contributed by atoms with Gasteiger partial charge in [0, 0.05) is 43.6 Å². The van der Waals surface area contributed by atoms with E-state index in [1.165, 1.54) is 25.1 Å². The number of hydrogen-bond acceptors (Lipinski definition) is 9. The Morgan fingerprint density at radius 1 is 1.11 bits per heavy atom. The number of benzene rings is 2. The van der Waals surface area contributed by atoms with E-state index >= 15 is 4.39 Å². The molecule has 2 fully saturated rings. The van der Waals surface area contributed by atoms with Gasteiger partial charge in [0.2, 0.25) is 0 Å². The van der Waals surface area contributed by atoms with Crippen LogP contribution in [0.3, 0.4) is 0 Å². The van der Waals surface area contributed by atoms with Crippen molar-refractivity contribution in [2.24, 2.45) is 5.92 Å². The Morgan fingerprint density at radius 3 is 2.39 bits per heavy atom. The fourth-order valence-corrected chi connectivity index (χ4v) is 5.79. The predicted molar refractivity (Wildman–Crippen MR) is 167 cm³/mol. The first-order valence-corrected chi connectivity index (χ1v) is 15.0. The van der Waals surface area contributed by atoms with Crippen molar-refractivity contribution in [2.75, 3.05) is 43.6 Å². The van der Waals surface area contributed by atoms with Crippen LogP contribution < -0.4 is 20.4 Å². The maximum absolute atomic E-state index is 15.8. The molecule has 12 nitrogen and oxygen atoms in total. The van der Waals surface area contributed by atoms with E-state index in [0.717, 1.165) is 24.5 Å². The monoisotopic (exact) mass is 634 g/mol. The van der Waals surface area contributed by atoms with E-state index < -0.39 is 47.6 Å². The van der Waals surface area contributed by atoms with Crippen LogP contribution in [0.2, 0.25) is 0 Å². The number of piperazine rings is 1. The van der Waals surface area contributed by atoms with E-state index in [-0.39, 0.29) is 54.5 Å². The molecule has 46 heavy (non-hydrogen) atoms. The molecule has 0 spiro atoms. The standard InChI is InChI=1S/C33H35FN4O8/c1-19-14-36(30-27(34)13-25-29(32(30)45-3)38(24-8-9-24)15-26(20(2)41)31(25)43)10-11-37(19)33(44)46-18-28(42)35-23-6-4-21(5-7-23)12-22(16-39)17-40/h4-7,13,15-17,19,22,24H,8-12,14,18H2,1-3H3,(H,35,42). The zero-order valence-electron chi connectivity index (χ0n) is 25.8. The molecule has 5 rings (SSSR count). The minimum atomic E-state index is -0.730. The Labute approximate surface area is 264 Å². The second kappa shape index (κ2) is 13.5. The van der Waals surface area contributed by atoms with Gasteiger partial charge in [-0.2, -0.15) is 0 Å². The second-order valence-corrected chi connectivity index (χ2v) is 11.6. The van der Waals surface area contributed by atoms with E-state index in [4.69, 9.17) is 9.47 Å². The van der Waals surface area contributed by atoms with Gasteiger partial charge in [-0.3, -0.25) is 14.4 Å². The highest BCUT2D eigenvalue weighted by molar-refractivity contribution is 6.00.